The number of phenols is 1. The summed E-state index contributed by atoms with van der Waals surface area (Å²) in [6.45, 7) is 0.970. The number of ether oxygens (including phenoxy) is 6. The van der Waals surface area contributed by atoms with E-state index in [0.717, 1.165) is 6.07 Å². The van der Waals surface area contributed by atoms with E-state index in [9.17, 15) is 40.5 Å². The van der Waals surface area contributed by atoms with E-state index in [-0.39, 0.29) is 23.5 Å². The van der Waals surface area contributed by atoms with Crippen molar-refractivity contribution in [3.63, 3.8) is 0 Å². The number of benzene rings is 2. The molecule has 14 nitrogen and oxygen atoms in total. The highest BCUT2D eigenvalue weighted by molar-refractivity contribution is 5.95. The summed E-state index contributed by atoms with van der Waals surface area (Å²) in [6.07, 6.45) is -15.5. The highest BCUT2D eigenvalue weighted by Gasteiger charge is 2.48. The third-order valence-electron chi connectivity index (χ3n) is 7.66. The molecule has 5 rings (SSSR count). The molecule has 0 spiro atoms. The molecule has 0 saturated carbocycles. The van der Waals surface area contributed by atoms with Gasteiger partial charge in [0.15, 0.2) is 6.29 Å². The molecule has 2 aromatic carbocycles. The third-order valence-corrected chi connectivity index (χ3v) is 7.66. The van der Waals surface area contributed by atoms with Gasteiger partial charge < -0.3 is 64.2 Å². The van der Waals surface area contributed by atoms with E-state index in [2.05, 4.69) is 0 Å². The van der Waals surface area contributed by atoms with Gasteiger partial charge in [-0.1, -0.05) is 12.1 Å². The van der Waals surface area contributed by atoms with Crippen LogP contribution in [-0.4, -0.2) is 117 Å². The normalized spacial score (nSPS) is 36.6. The Kier molecular flexibility index (Phi) is 8.89. The molecule has 0 unspecified atom stereocenters. The zero-order valence-electron chi connectivity index (χ0n) is 22.7. The van der Waals surface area contributed by atoms with E-state index in [1.807, 2.05) is 0 Å². The van der Waals surface area contributed by atoms with Gasteiger partial charge in [-0.2, -0.15) is 0 Å². The molecule has 230 valence electrons. The van der Waals surface area contributed by atoms with Gasteiger partial charge in [0.1, 0.15) is 71.6 Å². The molecule has 0 aliphatic carbocycles. The molecule has 42 heavy (non-hydrogen) atoms. The fraction of sp³-hybridized carbons (Fsp3) is 0.536. The van der Waals surface area contributed by atoms with Crippen LogP contribution in [-0.2, 0) is 25.4 Å². The second-order valence-electron chi connectivity index (χ2n) is 10.5. The lowest BCUT2D eigenvalue weighted by molar-refractivity contribution is -0.318. The van der Waals surface area contributed by atoms with E-state index < -0.39 is 80.1 Å². The summed E-state index contributed by atoms with van der Waals surface area (Å²) in [7, 11) is 1.53. The molecule has 0 bridgehead atoms. The molecule has 3 heterocycles. The summed E-state index contributed by atoms with van der Waals surface area (Å²) in [5, 5.41) is 72.0. The van der Waals surface area contributed by atoms with Gasteiger partial charge in [-0.05, 0) is 36.2 Å². The second kappa shape index (κ2) is 12.3. The Hall–Kier alpha value is -3.05. The smallest absolute Gasteiger partial charge is 0.342 e. The van der Waals surface area contributed by atoms with Gasteiger partial charge in [0.2, 0.25) is 6.29 Å². The van der Waals surface area contributed by atoms with Gasteiger partial charge in [0, 0.05) is 12.5 Å². The van der Waals surface area contributed by atoms with Crippen molar-refractivity contribution in [2.24, 2.45) is 0 Å². The molecule has 2 fully saturated rings. The van der Waals surface area contributed by atoms with Crippen molar-refractivity contribution < 1.29 is 69.0 Å². The zero-order valence-corrected chi connectivity index (χ0v) is 22.7. The van der Waals surface area contributed by atoms with Crippen molar-refractivity contribution in [3.05, 3.63) is 53.1 Å². The summed E-state index contributed by atoms with van der Waals surface area (Å²) in [5.41, 5.74) is 1.10. The number of aliphatic hydroxyl groups excluding tert-OH is 6. The first-order valence-corrected chi connectivity index (χ1v) is 13.4. The summed E-state index contributed by atoms with van der Waals surface area (Å²) < 4.78 is 33.1. The van der Waals surface area contributed by atoms with Crippen LogP contribution in [0.4, 0.5) is 0 Å². The molecule has 2 aromatic rings. The number of aromatic hydroxyl groups is 1. The Morgan fingerprint density at radius 2 is 1.52 bits per heavy atom. The van der Waals surface area contributed by atoms with Crippen LogP contribution in [0.5, 0.6) is 17.2 Å². The van der Waals surface area contributed by atoms with Gasteiger partial charge in [0.25, 0.3) is 0 Å². The van der Waals surface area contributed by atoms with Crippen LogP contribution in [0.2, 0.25) is 0 Å². The van der Waals surface area contributed by atoms with Crippen LogP contribution in [0.3, 0.4) is 0 Å². The van der Waals surface area contributed by atoms with E-state index in [1.54, 1.807) is 24.3 Å². The topological polar surface area (TPSA) is 214 Å². The maximum atomic E-state index is 13.1. The fourth-order valence-electron chi connectivity index (χ4n) is 5.19. The lowest BCUT2D eigenvalue weighted by Gasteiger charge is -2.42. The first-order valence-electron chi connectivity index (χ1n) is 13.4. The first kappa shape index (κ1) is 30.4. The molecule has 7 N–H and O–H groups in total. The maximum Gasteiger partial charge on any atom is 0.342 e. The van der Waals surface area contributed by atoms with Crippen molar-refractivity contribution in [2.75, 3.05) is 13.7 Å². The number of fused-ring (bicyclic) bond motifs is 1. The molecule has 14 heteroatoms. The number of rotatable bonds is 7. The van der Waals surface area contributed by atoms with E-state index >= 15 is 0 Å². The quantitative estimate of drug-likeness (QED) is 0.189. The molecule has 0 aromatic heterocycles. The number of methoxy groups -OCH3 is 1. The van der Waals surface area contributed by atoms with Gasteiger partial charge in [-0.3, -0.25) is 0 Å². The Morgan fingerprint density at radius 1 is 0.857 bits per heavy atom. The Bertz CT molecular complexity index is 1250. The predicted octanol–water partition coefficient (Wildman–Crippen LogP) is -1.11. The van der Waals surface area contributed by atoms with E-state index in [1.165, 1.54) is 20.1 Å². The average Bonchev–Trinajstić information content (AvgIpc) is 2.97. The number of aliphatic hydroxyl groups is 6. The van der Waals surface area contributed by atoms with Crippen LogP contribution in [0.1, 0.15) is 34.5 Å². The molecule has 0 radical (unpaired) electrons. The van der Waals surface area contributed by atoms with Gasteiger partial charge in [-0.15, -0.1) is 0 Å². The monoisotopic (exact) mass is 594 g/mol. The number of esters is 1. The molecule has 11 atom stereocenters. The number of hydrogen-bond donors (Lipinski definition) is 7. The van der Waals surface area contributed by atoms with Crippen LogP contribution in [0.15, 0.2) is 36.4 Å². The Morgan fingerprint density at radius 3 is 2.21 bits per heavy atom. The number of carbonyl (C=O) groups excluding carboxylic acids is 1. The number of cyclic esters (lactones) is 1. The third kappa shape index (κ3) is 5.90. The van der Waals surface area contributed by atoms with Crippen molar-refractivity contribution in [1.29, 1.82) is 0 Å². The molecule has 0 amide bonds. The van der Waals surface area contributed by atoms with Crippen LogP contribution >= 0.6 is 0 Å². The lowest BCUT2D eigenvalue weighted by atomic mass is 9.93. The SMILES string of the molecule is COc1ccc([C@@H]2Cc3cc(O)cc(O[C@H]4O[C@@H](CO[C@@H]5O[C@@H](C)[C@H](O)[C@@H](O)[C@H]5O)[C@H](O)[C@@H](O)[C@@H]4O)c3C(=O)O2)cc1. The number of phenolic OH excluding ortho intramolecular Hbond substituents is 1. The zero-order chi connectivity index (χ0) is 30.3. The summed E-state index contributed by atoms with van der Waals surface area (Å²) in [6, 6.07) is 9.49. The van der Waals surface area contributed by atoms with Crippen LogP contribution in [0, 0.1) is 0 Å². The molecular weight excluding hydrogens is 560 g/mol. The molecular formula is C28H34O14. The standard InChI is InChI=1S/C28H34O14/c1-11-20(30)22(32)24(34)27(39-11)38-10-18-21(31)23(33)25(35)28(42-18)41-17-9-14(29)7-13-8-16(40-26(36)19(13)17)12-3-5-15(37-2)6-4-12/h3-7,9,11,16,18,20-25,27-35H,8,10H2,1-2H3/t11-,16-,18-,20-,21-,22+,23+,24+,25-,27+,28-/m0/s1. The summed E-state index contributed by atoms with van der Waals surface area (Å²) in [4.78, 5) is 13.1. The van der Waals surface area contributed by atoms with Crippen molar-refractivity contribution in [1.82, 2.24) is 0 Å². The minimum atomic E-state index is -1.78. The Labute approximate surface area is 240 Å². The van der Waals surface area contributed by atoms with Gasteiger partial charge in [-0.25, -0.2) is 4.79 Å². The Balaban J connectivity index is 1.32. The second-order valence-corrected chi connectivity index (χ2v) is 10.5. The van der Waals surface area contributed by atoms with E-state index in [0.29, 0.717) is 16.9 Å². The summed E-state index contributed by atoms with van der Waals surface area (Å²) in [5.74, 6) is -0.551. The van der Waals surface area contributed by atoms with Crippen molar-refractivity contribution >= 4 is 5.97 Å². The van der Waals surface area contributed by atoms with Gasteiger partial charge in [0.05, 0.1) is 19.8 Å². The molecule has 2 saturated heterocycles. The van der Waals surface area contributed by atoms with Crippen LogP contribution < -0.4 is 9.47 Å². The van der Waals surface area contributed by atoms with Gasteiger partial charge >= 0.3 is 5.97 Å². The molecule has 3 aliphatic heterocycles. The molecule has 3 aliphatic rings. The van der Waals surface area contributed by atoms with E-state index in [4.69, 9.17) is 28.4 Å². The number of hydrogen-bond acceptors (Lipinski definition) is 14. The minimum Gasteiger partial charge on any atom is -0.508 e. The van der Waals surface area contributed by atoms with Crippen molar-refractivity contribution in [3.8, 4) is 17.2 Å². The first-order chi connectivity index (χ1) is 20.0. The maximum absolute atomic E-state index is 13.1. The lowest BCUT2D eigenvalue weighted by Crippen LogP contribution is -2.61. The highest BCUT2D eigenvalue weighted by Crippen LogP contribution is 2.39. The van der Waals surface area contributed by atoms with Crippen molar-refractivity contribution in [2.45, 2.75) is 80.9 Å². The predicted molar refractivity (Wildman–Crippen MR) is 139 cm³/mol. The van der Waals surface area contributed by atoms with Crippen LogP contribution in [0.25, 0.3) is 0 Å². The number of carbonyl (C=O) groups is 1. The highest BCUT2D eigenvalue weighted by atomic mass is 16.7. The minimum absolute atomic E-state index is 0.0120. The average molecular weight is 595 g/mol. The fourth-order valence-corrected chi connectivity index (χ4v) is 5.19. The largest absolute Gasteiger partial charge is 0.508 e. The summed E-state index contributed by atoms with van der Waals surface area (Å²) >= 11 is 0.